The van der Waals surface area contributed by atoms with Crippen LogP contribution in [0.2, 0.25) is 0 Å². The minimum atomic E-state index is 0.571. The fourth-order valence-corrected chi connectivity index (χ4v) is 0.896. The Morgan fingerprint density at radius 3 is 3.09 bits per heavy atom. The zero-order valence-electron chi connectivity index (χ0n) is 6.34. The Hall–Kier alpha value is -0.510. The van der Waals surface area contributed by atoms with Crippen molar-refractivity contribution in [3.63, 3.8) is 0 Å². The second kappa shape index (κ2) is 4.38. The molecule has 0 unspecified atom stereocenters. The van der Waals surface area contributed by atoms with Crippen LogP contribution in [-0.4, -0.2) is 11.8 Å². The van der Waals surface area contributed by atoms with Crippen LogP contribution in [0.15, 0.2) is 10.6 Å². The topological polar surface area (TPSA) is 35.3 Å². The van der Waals surface area contributed by atoms with Crippen LogP contribution in [-0.2, 0) is 5.33 Å². The molecule has 0 N–H and O–H groups in total. The highest BCUT2D eigenvalue weighted by Gasteiger charge is 2.01. The lowest BCUT2D eigenvalue weighted by Crippen LogP contribution is -1.94. The van der Waals surface area contributed by atoms with Gasteiger partial charge in [-0.3, -0.25) is 0 Å². The molecule has 11 heavy (non-hydrogen) atoms. The largest absolute Gasteiger partial charge is 0.476 e. The van der Waals surface area contributed by atoms with E-state index in [1.807, 2.05) is 6.92 Å². The Morgan fingerprint density at radius 1 is 1.73 bits per heavy atom. The van der Waals surface area contributed by atoms with Gasteiger partial charge in [0.25, 0.3) is 5.88 Å². The van der Waals surface area contributed by atoms with Crippen molar-refractivity contribution in [2.75, 3.05) is 6.61 Å². The van der Waals surface area contributed by atoms with Crippen molar-refractivity contribution >= 4 is 15.9 Å². The summed E-state index contributed by atoms with van der Waals surface area (Å²) in [7, 11) is 0. The molecule has 0 atom stereocenters. The number of hydrogen-bond donors (Lipinski definition) is 0. The van der Waals surface area contributed by atoms with Crippen LogP contribution in [0.4, 0.5) is 0 Å². The van der Waals surface area contributed by atoms with E-state index in [2.05, 4.69) is 21.1 Å². The third kappa shape index (κ3) is 2.54. The van der Waals surface area contributed by atoms with Gasteiger partial charge in [0.15, 0.2) is 5.76 Å². The molecular weight excluding hydrogens is 210 g/mol. The van der Waals surface area contributed by atoms with Crippen LogP contribution in [0.3, 0.4) is 0 Å². The molecule has 0 spiro atoms. The summed E-state index contributed by atoms with van der Waals surface area (Å²) in [5, 5.41) is 4.37. The summed E-state index contributed by atoms with van der Waals surface area (Å²) in [6, 6.07) is 1.78. The normalized spacial score (nSPS) is 10.0. The molecule has 0 aromatic carbocycles. The molecule has 62 valence electrons. The molecule has 0 aliphatic heterocycles. The average Bonchev–Trinajstić information content (AvgIpc) is 2.48. The second-order valence-electron chi connectivity index (χ2n) is 2.11. The van der Waals surface area contributed by atoms with Crippen molar-refractivity contribution in [2.45, 2.75) is 18.7 Å². The van der Waals surface area contributed by atoms with E-state index >= 15 is 0 Å². The Balaban J connectivity index is 2.44. The van der Waals surface area contributed by atoms with Crippen molar-refractivity contribution in [1.29, 1.82) is 0 Å². The van der Waals surface area contributed by atoms with Gasteiger partial charge >= 0.3 is 0 Å². The highest BCUT2D eigenvalue weighted by molar-refractivity contribution is 9.08. The van der Waals surface area contributed by atoms with Crippen LogP contribution in [0.1, 0.15) is 19.1 Å². The van der Waals surface area contributed by atoms with Crippen LogP contribution in [0, 0.1) is 0 Å². The Bertz CT molecular complexity index is 212. The van der Waals surface area contributed by atoms with Gasteiger partial charge < -0.3 is 9.26 Å². The summed E-state index contributed by atoms with van der Waals surface area (Å²) in [5.74, 6) is 1.36. The van der Waals surface area contributed by atoms with Crippen molar-refractivity contribution in [3.05, 3.63) is 11.8 Å². The second-order valence-corrected chi connectivity index (χ2v) is 2.67. The molecule has 3 nitrogen and oxygen atoms in total. The average molecular weight is 220 g/mol. The molecular formula is C7H10BrNO2. The maximum atomic E-state index is 5.21. The number of ether oxygens (including phenoxy) is 1. The number of halogens is 1. The molecule has 1 heterocycles. The number of aromatic nitrogens is 1. The smallest absolute Gasteiger partial charge is 0.254 e. The molecule has 0 aliphatic carbocycles. The van der Waals surface area contributed by atoms with Crippen LogP contribution in [0.5, 0.6) is 5.88 Å². The first-order valence-electron chi connectivity index (χ1n) is 3.51. The highest BCUT2D eigenvalue weighted by Crippen LogP contribution is 2.13. The summed E-state index contributed by atoms with van der Waals surface area (Å²) in [6.45, 7) is 2.74. The van der Waals surface area contributed by atoms with Gasteiger partial charge in [-0.25, -0.2) is 0 Å². The summed E-state index contributed by atoms with van der Waals surface area (Å²) >= 11 is 3.25. The number of rotatable bonds is 4. The molecule has 0 aliphatic rings. The Labute approximate surface area is 73.8 Å². The molecule has 0 saturated carbocycles. The van der Waals surface area contributed by atoms with Gasteiger partial charge in [-0.05, 0) is 11.6 Å². The zero-order chi connectivity index (χ0) is 8.10. The molecule has 0 radical (unpaired) electrons. The quantitative estimate of drug-likeness (QED) is 0.730. The molecule has 4 heteroatoms. The lowest BCUT2D eigenvalue weighted by molar-refractivity contribution is 0.276. The van der Waals surface area contributed by atoms with Crippen molar-refractivity contribution < 1.29 is 9.26 Å². The summed E-state index contributed by atoms with van der Waals surface area (Å²) in [5.41, 5.74) is 0. The molecule has 0 fully saturated rings. The fourth-order valence-electron chi connectivity index (χ4n) is 0.632. The van der Waals surface area contributed by atoms with Crippen molar-refractivity contribution in [2.24, 2.45) is 0 Å². The predicted molar refractivity (Wildman–Crippen MR) is 44.9 cm³/mol. The fraction of sp³-hybridized carbons (Fsp3) is 0.571. The SMILES string of the molecule is CCCOc1cc(CBr)on1. The lowest BCUT2D eigenvalue weighted by atomic mass is 10.5. The minimum absolute atomic E-state index is 0.571. The van der Waals surface area contributed by atoms with Crippen LogP contribution in [0.25, 0.3) is 0 Å². The minimum Gasteiger partial charge on any atom is -0.476 e. The van der Waals surface area contributed by atoms with Gasteiger partial charge in [-0.1, -0.05) is 22.9 Å². The van der Waals surface area contributed by atoms with Gasteiger partial charge in [0, 0.05) is 6.07 Å². The molecule has 0 saturated heterocycles. The molecule has 1 aromatic rings. The van der Waals surface area contributed by atoms with Crippen LogP contribution >= 0.6 is 15.9 Å². The lowest BCUT2D eigenvalue weighted by Gasteiger charge is -1.95. The molecule has 0 bridgehead atoms. The monoisotopic (exact) mass is 219 g/mol. The number of hydrogen-bond acceptors (Lipinski definition) is 3. The van der Waals surface area contributed by atoms with E-state index in [0.29, 0.717) is 17.8 Å². The maximum absolute atomic E-state index is 5.21. The maximum Gasteiger partial charge on any atom is 0.254 e. The summed E-state index contributed by atoms with van der Waals surface area (Å²) in [6.07, 6.45) is 0.983. The van der Waals surface area contributed by atoms with E-state index in [1.165, 1.54) is 0 Å². The van der Waals surface area contributed by atoms with E-state index in [9.17, 15) is 0 Å². The predicted octanol–water partition coefficient (Wildman–Crippen LogP) is 2.36. The molecule has 1 aromatic heterocycles. The summed E-state index contributed by atoms with van der Waals surface area (Å²) in [4.78, 5) is 0. The van der Waals surface area contributed by atoms with E-state index in [-0.39, 0.29) is 0 Å². The first kappa shape index (κ1) is 8.59. The van der Waals surface area contributed by atoms with Gasteiger partial charge in [0.05, 0.1) is 11.9 Å². The van der Waals surface area contributed by atoms with E-state index in [1.54, 1.807) is 6.07 Å². The first-order valence-corrected chi connectivity index (χ1v) is 4.63. The Kier molecular flexibility index (Phi) is 3.42. The zero-order valence-corrected chi connectivity index (χ0v) is 7.93. The van der Waals surface area contributed by atoms with E-state index in [0.717, 1.165) is 12.2 Å². The standard InChI is InChI=1S/C7H10BrNO2/c1-2-3-10-7-4-6(5-8)11-9-7/h4H,2-3,5H2,1H3. The third-order valence-electron chi connectivity index (χ3n) is 1.12. The first-order chi connectivity index (χ1) is 5.36. The molecule has 1 rings (SSSR count). The molecule has 0 amide bonds. The van der Waals surface area contributed by atoms with Gasteiger partial charge in [0.2, 0.25) is 0 Å². The highest BCUT2D eigenvalue weighted by atomic mass is 79.9. The Morgan fingerprint density at radius 2 is 2.55 bits per heavy atom. The van der Waals surface area contributed by atoms with Crippen LogP contribution < -0.4 is 4.74 Å². The summed E-state index contributed by atoms with van der Waals surface area (Å²) < 4.78 is 10.1. The van der Waals surface area contributed by atoms with Gasteiger partial charge in [-0.15, -0.1) is 0 Å². The van der Waals surface area contributed by atoms with Crippen molar-refractivity contribution in [1.82, 2.24) is 5.16 Å². The number of alkyl halides is 1. The third-order valence-corrected chi connectivity index (χ3v) is 1.68. The van der Waals surface area contributed by atoms with Crippen molar-refractivity contribution in [3.8, 4) is 5.88 Å². The van der Waals surface area contributed by atoms with E-state index in [4.69, 9.17) is 9.26 Å². The van der Waals surface area contributed by atoms with E-state index < -0.39 is 0 Å². The number of nitrogens with zero attached hydrogens (tertiary/aromatic N) is 1. The van der Waals surface area contributed by atoms with Gasteiger partial charge in [0.1, 0.15) is 0 Å². The van der Waals surface area contributed by atoms with Gasteiger partial charge in [-0.2, -0.15) is 0 Å².